The largest absolute Gasteiger partial charge is 0.416 e. The van der Waals surface area contributed by atoms with Crippen molar-refractivity contribution in [1.29, 1.82) is 0 Å². The molecule has 0 aromatic heterocycles. The maximum Gasteiger partial charge on any atom is 0.416 e. The molecule has 1 aromatic carbocycles. The average Bonchev–Trinajstić information content (AvgIpc) is 2.84. The molecule has 1 heterocycles. The van der Waals surface area contributed by atoms with E-state index in [0.29, 0.717) is 19.3 Å². The molecule has 0 spiro atoms. The Bertz CT molecular complexity index is 706. The Labute approximate surface area is 142 Å². The Morgan fingerprint density at radius 1 is 1.44 bits per heavy atom. The number of aldehydes is 1. The summed E-state index contributed by atoms with van der Waals surface area (Å²) in [5.74, 6) is -0.759. The summed E-state index contributed by atoms with van der Waals surface area (Å²) in [6.45, 7) is 1.84. The fourth-order valence-electron chi connectivity index (χ4n) is 2.67. The first-order valence-electron chi connectivity index (χ1n) is 7.54. The molecule has 6 nitrogen and oxygen atoms in total. The zero-order valence-corrected chi connectivity index (χ0v) is 13.7. The highest BCUT2D eigenvalue weighted by molar-refractivity contribution is 5.94. The van der Waals surface area contributed by atoms with Gasteiger partial charge in [0.05, 0.1) is 12.1 Å². The summed E-state index contributed by atoms with van der Waals surface area (Å²) in [6.07, 6.45) is -3.80. The summed E-state index contributed by atoms with van der Waals surface area (Å²) in [4.78, 5) is 36.4. The van der Waals surface area contributed by atoms with Crippen LogP contribution < -0.4 is 15.5 Å². The van der Waals surface area contributed by atoms with Gasteiger partial charge in [0.25, 0.3) is 0 Å². The lowest BCUT2D eigenvalue weighted by Gasteiger charge is -2.26. The average molecular weight is 357 g/mol. The van der Waals surface area contributed by atoms with Crippen LogP contribution in [0.15, 0.2) is 18.2 Å². The van der Waals surface area contributed by atoms with E-state index in [4.69, 9.17) is 0 Å². The van der Waals surface area contributed by atoms with Crippen LogP contribution in [-0.2, 0) is 15.8 Å². The van der Waals surface area contributed by atoms with Crippen molar-refractivity contribution in [2.24, 2.45) is 0 Å². The molecule has 0 bridgehead atoms. The van der Waals surface area contributed by atoms with Crippen molar-refractivity contribution in [2.75, 3.05) is 25.0 Å². The van der Waals surface area contributed by atoms with Gasteiger partial charge in [-0.1, -0.05) is 0 Å². The third-order valence-corrected chi connectivity index (χ3v) is 4.10. The second kappa shape index (κ2) is 6.73. The fraction of sp³-hybridized carbons (Fsp3) is 0.438. The Morgan fingerprint density at radius 3 is 2.64 bits per heavy atom. The van der Waals surface area contributed by atoms with E-state index in [9.17, 15) is 27.6 Å². The molecule has 2 amide bonds. The topological polar surface area (TPSA) is 78.5 Å². The number of hydrogen-bond acceptors (Lipinski definition) is 4. The lowest BCUT2D eigenvalue weighted by molar-refractivity contribution is -0.137. The Hall–Kier alpha value is -2.58. The van der Waals surface area contributed by atoms with Crippen molar-refractivity contribution < 1.29 is 27.6 Å². The number of carbonyl (C=O) groups is 3. The van der Waals surface area contributed by atoms with Gasteiger partial charge in [-0.25, -0.2) is 0 Å². The first-order valence-corrected chi connectivity index (χ1v) is 7.54. The number of nitrogens with one attached hydrogen (secondary N) is 2. The first-order chi connectivity index (χ1) is 11.6. The molecule has 136 valence electrons. The van der Waals surface area contributed by atoms with Crippen molar-refractivity contribution >= 4 is 23.8 Å². The number of alkyl halides is 3. The number of rotatable bonds is 5. The summed E-state index contributed by atoms with van der Waals surface area (Å²) in [5.41, 5.74) is -1.92. The molecule has 1 saturated heterocycles. The first kappa shape index (κ1) is 18.8. The molecular formula is C16H18F3N3O3. The summed E-state index contributed by atoms with van der Waals surface area (Å²) in [6, 6.07) is 2.73. The number of carbonyl (C=O) groups excluding carboxylic acids is 3. The van der Waals surface area contributed by atoms with Gasteiger partial charge < -0.3 is 15.5 Å². The van der Waals surface area contributed by atoms with Gasteiger partial charge in [-0.2, -0.15) is 13.2 Å². The van der Waals surface area contributed by atoms with Gasteiger partial charge in [0.15, 0.2) is 6.29 Å². The highest BCUT2D eigenvalue weighted by Gasteiger charge is 2.39. The molecule has 0 radical (unpaired) electrons. The van der Waals surface area contributed by atoms with Gasteiger partial charge in [-0.05, 0) is 31.5 Å². The van der Waals surface area contributed by atoms with Crippen LogP contribution in [0.2, 0.25) is 0 Å². The lowest BCUT2D eigenvalue weighted by atomic mass is 10.0. The summed E-state index contributed by atoms with van der Waals surface area (Å²) >= 11 is 0. The minimum atomic E-state index is -4.56. The highest BCUT2D eigenvalue weighted by atomic mass is 19.4. The molecule has 9 heteroatoms. The van der Waals surface area contributed by atoms with Gasteiger partial charge in [-0.3, -0.25) is 14.4 Å². The predicted molar refractivity (Wildman–Crippen MR) is 84.3 cm³/mol. The molecule has 1 aliphatic heterocycles. The lowest BCUT2D eigenvalue weighted by Crippen LogP contribution is -2.53. The van der Waals surface area contributed by atoms with Crippen LogP contribution >= 0.6 is 0 Å². The van der Waals surface area contributed by atoms with Crippen molar-refractivity contribution in [3.8, 4) is 0 Å². The van der Waals surface area contributed by atoms with E-state index < -0.39 is 23.2 Å². The molecule has 2 rings (SSSR count). The molecular weight excluding hydrogens is 339 g/mol. The van der Waals surface area contributed by atoms with Crippen LogP contribution in [0, 0.1) is 0 Å². The van der Waals surface area contributed by atoms with Gasteiger partial charge >= 0.3 is 6.18 Å². The Balaban J connectivity index is 2.12. The molecule has 1 fully saturated rings. The zero-order chi connectivity index (χ0) is 18.8. The molecule has 0 aliphatic carbocycles. The smallest absolute Gasteiger partial charge is 0.365 e. The third-order valence-electron chi connectivity index (χ3n) is 4.10. The number of likely N-dealkylation sites (N-methyl/N-ethyl adjacent to an activating group) is 1. The minimum Gasteiger partial charge on any atom is -0.365 e. The number of halogens is 3. The van der Waals surface area contributed by atoms with Crippen LogP contribution in [0.3, 0.4) is 0 Å². The van der Waals surface area contributed by atoms with Gasteiger partial charge in [0, 0.05) is 24.8 Å². The van der Waals surface area contributed by atoms with E-state index >= 15 is 0 Å². The quantitative estimate of drug-likeness (QED) is 0.780. The summed E-state index contributed by atoms with van der Waals surface area (Å²) in [5, 5.41) is 5.24. The molecule has 1 aromatic rings. The van der Waals surface area contributed by atoms with E-state index in [1.165, 1.54) is 11.9 Å². The van der Waals surface area contributed by atoms with Gasteiger partial charge in [-0.15, -0.1) is 0 Å². The second-order valence-corrected chi connectivity index (χ2v) is 6.13. The van der Waals surface area contributed by atoms with Crippen molar-refractivity contribution in [3.05, 3.63) is 29.3 Å². The maximum absolute atomic E-state index is 12.7. The van der Waals surface area contributed by atoms with Crippen LogP contribution in [0.5, 0.6) is 0 Å². The van der Waals surface area contributed by atoms with Crippen LogP contribution in [0.1, 0.15) is 29.3 Å². The van der Waals surface area contributed by atoms with Crippen LogP contribution in [-0.4, -0.2) is 43.8 Å². The van der Waals surface area contributed by atoms with E-state index in [1.54, 1.807) is 6.92 Å². The second-order valence-electron chi connectivity index (χ2n) is 6.13. The third kappa shape index (κ3) is 4.09. The number of nitrogens with zero attached hydrogens (tertiary/aromatic N) is 1. The highest BCUT2D eigenvalue weighted by Crippen LogP contribution is 2.32. The standard InChI is InChI=1S/C16H18F3N3O3/c1-15(5-6-20-14(15)25)21-13(24)8-22(2)12-4-3-11(16(17,18)19)7-10(12)9-23/h3-4,7,9H,5-6,8H2,1-2H3,(H,20,25)(H,21,24). The molecule has 2 N–H and O–H groups in total. The van der Waals surface area contributed by atoms with E-state index in [1.807, 2.05) is 0 Å². The number of anilines is 1. The maximum atomic E-state index is 12.7. The predicted octanol–water partition coefficient (Wildman–Crippen LogP) is 1.35. The monoisotopic (exact) mass is 357 g/mol. The fourth-order valence-corrected chi connectivity index (χ4v) is 2.67. The minimum absolute atomic E-state index is 0.171. The molecule has 0 saturated carbocycles. The number of hydrogen-bond donors (Lipinski definition) is 2. The molecule has 1 aliphatic rings. The van der Waals surface area contributed by atoms with E-state index in [2.05, 4.69) is 10.6 Å². The molecule has 1 atom stereocenters. The molecule has 25 heavy (non-hydrogen) atoms. The van der Waals surface area contributed by atoms with Gasteiger partial charge in [0.2, 0.25) is 11.8 Å². The van der Waals surface area contributed by atoms with Crippen LogP contribution in [0.4, 0.5) is 18.9 Å². The van der Waals surface area contributed by atoms with Gasteiger partial charge in [0.1, 0.15) is 5.54 Å². The van der Waals surface area contributed by atoms with Crippen molar-refractivity contribution in [3.63, 3.8) is 0 Å². The zero-order valence-electron chi connectivity index (χ0n) is 13.7. The SMILES string of the molecule is CN(CC(=O)NC1(C)CCNC1=O)c1ccc(C(F)(F)F)cc1C=O. The summed E-state index contributed by atoms with van der Waals surface area (Å²) in [7, 11) is 1.48. The Morgan fingerprint density at radius 2 is 2.12 bits per heavy atom. The normalized spacial score (nSPS) is 20.1. The molecule has 1 unspecified atom stereocenters. The summed E-state index contributed by atoms with van der Waals surface area (Å²) < 4.78 is 38.2. The van der Waals surface area contributed by atoms with E-state index in [0.717, 1.165) is 18.2 Å². The van der Waals surface area contributed by atoms with Crippen LogP contribution in [0.25, 0.3) is 0 Å². The van der Waals surface area contributed by atoms with Crippen molar-refractivity contribution in [2.45, 2.75) is 25.1 Å². The van der Waals surface area contributed by atoms with E-state index in [-0.39, 0.29) is 23.7 Å². The van der Waals surface area contributed by atoms with Crippen molar-refractivity contribution in [1.82, 2.24) is 10.6 Å². The number of benzene rings is 1. The Kier molecular flexibility index (Phi) is 5.05. The number of amides is 2.